The maximum absolute atomic E-state index is 11.6. The molecule has 0 spiro atoms. The van der Waals surface area contributed by atoms with Crippen molar-refractivity contribution in [3.8, 4) is 0 Å². The van der Waals surface area contributed by atoms with E-state index in [1.165, 1.54) is 6.92 Å². The van der Waals surface area contributed by atoms with Crippen LogP contribution in [-0.4, -0.2) is 38.0 Å². The van der Waals surface area contributed by atoms with Gasteiger partial charge < -0.3 is 5.11 Å². The Bertz CT molecular complexity index is 277. The number of aliphatic carboxylic acids is 1. The van der Waals surface area contributed by atoms with Gasteiger partial charge in [-0.25, -0.2) is 13.1 Å². The second-order valence-electron chi connectivity index (χ2n) is 2.89. The molecule has 84 valence electrons. The lowest BCUT2D eigenvalue weighted by atomic mass is 10.4. The molecule has 1 atom stereocenters. The van der Waals surface area contributed by atoms with E-state index in [-0.39, 0.29) is 18.6 Å². The van der Waals surface area contributed by atoms with E-state index < -0.39 is 28.7 Å². The highest BCUT2D eigenvalue weighted by Crippen LogP contribution is 1.96. The van der Waals surface area contributed by atoms with Crippen LogP contribution in [0.25, 0.3) is 0 Å². The van der Waals surface area contributed by atoms with Crippen LogP contribution in [0.15, 0.2) is 0 Å². The predicted octanol–water partition coefficient (Wildman–Crippen LogP) is 0.129. The van der Waals surface area contributed by atoms with Crippen molar-refractivity contribution in [1.29, 1.82) is 0 Å². The highest BCUT2D eigenvalue weighted by atomic mass is 32.2. The summed E-state index contributed by atoms with van der Waals surface area (Å²) in [7, 11) is -3.60. The van der Waals surface area contributed by atoms with Crippen LogP contribution in [0.5, 0.6) is 0 Å². The first-order valence-corrected chi connectivity index (χ1v) is 5.83. The van der Waals surface area contributed by atoms with E-state index in [0.717, 1.165) is 0 Å². The molecule has 0 saturated carbocycles. The first-order valence-electron chi connectivity index (χ1n) is 4.18. The number of hydrogen-bond donors (Lipinski definition) is 2. The number of rotatable bonds is 7. The molecule has 0 aliphatic heterocycles. The summed E-state index contributed by atoms with van der Waals surface area (Å²) < 4.78 is 35.9. The van der Waals surface area contributed by atoms with Crippen LogP contribution in [0.2, 0.25) is 0 Å². The lowest BCUT2D eigenvalue weighted by Gasteiger charge is -2.09. The second-order valence-corrected chi connectivity index (χ2v) is 4.77. The van der Waals surface area contributed by atoms with Crippen molar-refractivity contribution in [2.75, 3.05) is 12.4 Å². The molecule has 7 heteroatoms. The molecule has 0 heterocycles. The number of carboxylic acids is 1. The minimum atomic E-state index is -3.60. The van der Waals surface area contributed by atoms with Gasteiger partial charge in [-0.2, -0.15) is 0 Å². The van der Waals surface area contributed by atoms with E-state index in [9.17, 15) is 17.6 Å². The fourth-order valence-corrected chi connectivity index (χ4v) is 2.11. The number of carbonyl (C=O) groups is 1. The lowest BCUT2D eigenvalue weighted by Crippen LogP contribution is -2.39. The Morgan fingerprint density at radius 1 is 1.50 bits per heavy atom. The number of sulfonamides is 1. The maximum atomic E-state index is 11.6. The monoisotopic (exact) mass is 227 g/mol. The normalized spacial score (nSPS) is 13.9. The van der Waals surface area contributed by atoms with Gasteiger partial charge in [0.2, 0.25) is 10.0 Å². The predicted molar refractivity (Wildman–Crippen MR) is 49.2 cm³/mol. The first kappa shape index (κ1) is 13.3. The zero-order valence-corrected chi connectivity index (χ0v) is 8.68. The third kappa shape index (κ3) is 5.87. The van der Waals surface area contributed by atoms with Gasteiger partial charge in [0.25, 0.3) is 0 Å². The van der Waals surface area contributed by atoms with Gasteiger partial charge in [-0.05, 0) is 19.8 Å². The average Bonchev–Trinajstić information content (AvgIpc) is 2.03. The van der Waals surface area contributed by atoms with Crippen LogP contribution in [0.3, 0.4) is 0 Å². The fraction of sp³-hybridized carbons (Fsp3) is 0.857. The zero-order valence-electron chi connectivity index (χ0n) is 7.86. The SMILES string of the molecule is C[C@H](NS(=O)(=O)CCCCF)C(=O)O. The molecule has 0 radical (unpaired) electrons. The number of carboxylic acid groups (broad SMARTS) is 1. The number of hydrogen-bond acceptors (Lipinski definition) is 3. The maximum Gasteiger partial charge on any atom is 0.321 e. The third-order valence-electron chi connectivity index (χ3n) is 1.52. The van der Waals surface area contributed by atoms with Crippen LogP contribution < -0.4 is 4.72 Å². The lowest BCUT2D eigenvalue weighted by molar-refractivity contribution is -0.138. The van der Waals surface area contributed by atoms with E-state index in [1.807, 2.05) is 4.72 Å². The molecular weight excluding hydrogens is 213 g/mol. The molecule has 5 nitrogen and oxygen atoms in total. The smallest absolute Gasteiger partial charge is 0.321 e. The molecule has 0 aliphatic rings. The number of nitrogens with one attached hydrogen (secondary N) is 1. The number of unbranched alkanes of at least 4 members (excludes halogenated alkanes) is 1. The van der Waals surface area contributed by atoms with Gasteiger partial charge in [-0.15, -0.1) is 0 Å². The molecule has 0 aliphatic carbocycles. The molecule has 0 saturated heterocycles. The fourth-order valence-electron chi connectivity index (χ4n) is 0.765. The number of alkyl halides is 1. The van der Waals surface area contributed by atoms with Gasteiger partial charge in [-0.3, -0.25) is 9.18 Å². The molecule has 0 rings (SSSR count). The minimum absolute atomic E-state index is 0.169. The first-order chi connectivity index (χ1) is 6.39. The van der Waals surface area contributed by atoms with Gasteiger partial charge in [0, 0.05) is 0 Å². The van der Waals surface area contributed by atoms with Crippen molar-refractivity contribution in [3.05, 3.63) is 0 Å². The van der Waals surface area contributed by atoms with Gasteiger partial charge >= 0.3 is 5.97 Å². The molecule has 0 unspecified atom stereocenters. The van der Waals surface area contributed by atoms with Crippen LogP contribution in [0, 0.1) is 0 Å². The highest BCUT2D eigenvalue weighted by Gasteiger charge is 2.18. The van der Waals surface area contributed by atoms with E-state index in [2.05, 4.69) is 0 Å². The third-order valence-corrected chi connectivity index (χ3v) is 3.06. The van der Waals surface area contributed by atoms with Crippen molar-refractivity contribution in [2.45, 2.75) is 25.8 Å². The van der Waals surface area contributed by atoms with Crippen LogP contribution in [0.1, 0.15) is 19.8 Å². The second kappa shape index (κ2) is 5.92. The Balaban J connectivity index is 4.01. The molecule has 2 N–H and O–H groups in total. The van der Waals surface area contributed by atoms with E-state index in [4.69, 9.17) is 5.11 Å². The molecule has 0 bridgehead atoms. The molecule has 0 amide bonds. The van der Waals surface area contributed by atoms with Crippen molar-refractivity contribution < 1.29 is 22.7 Å². The molecule has 0 aromatic heterocycles. The highest BCUT2D eigenvalue weighted by molar-refractivity contribution is 7.89. The standard InChI is InChI=1S/C7H14FNO4S/c1-6(7(10)11)9-14(12,13)5-3-2-4-8/h6,9H,2-5H2,1H3,(H,10,11)/t6-/m0/s1. The van der Waals surface area contributed by atoms with Gasteiger partial charge in [0.1, 0.15) is 6.04 Å². The Morgan fingerprint density at radius 3 is 2.50 bits per heavy atom. The van der Waals surface area contributed by atoms with Gasteiger partial charge in [-0.1, -0.05) is 0 Å². The topological polar surface area (TPSA) is 83.5 Å². The van der Waals surface area contributed by atoms with E-state index in [1.54, 1.807) is 0 Å². The summed E-state index contributed by atoms with van der Waals surface area (Å²) in [5, 5.41) is 8.43. The summed E-state index contributed by atoms with van der Waals surface area (Å²) in [4.78, 5) is 10.3. The molecule has 0 aromatic carbocycles. The Hall–Kier alpha value is -0.690. The summed E-state index contributed by atoms with van der Waals surface area (Å²) in [6, 6.07) is -1.15. The largest absolute Gasteiger partial charge is 0.480 e. The van der Waals surface area contributed by atoms with Crippen LogP contribution >= 0.6 is 0 Å². The molecular formula is C7H14FNO4S. The van der Waals surface area contributed by atoms with Crippen LogP contribution in [-0.2, 0) is 14.8 Å². The summed E-state index contributed by atoms with van der Waals surface area (Å²) >= 11 is 0. The molecule has 14 heavy (non-hydrogen) atoms. The van der Waals surface area contributed by atoms with Crippen LogP contribution in [0.4, 0.5) is 4.39 Å². The zero-order chi connectivity index (χ0) is 11.2. The van der Waals surface area contributed by atoms with Crippen molar-refractivity contribution in [2.24, 2.45) is 0 Å². The Morgan fingerprint density at radius 2 is 2.07 bits per heavy atom. The van der Waals surface area contributed by atoms with Gasteiger partial charge in [0.15, 0.2) is 0 Å². The molecule has 0 fully saturated rings. The molecule has 0 aromatic rings. The van der Waals surface area contributed by atoms with Gasteiger partial charge in [0.05, 0.1) is 12.4 Å². The van der Waals surface area contributed by atoms with E-state index >= 15 is 0 Å². The minimum Gasteiger partial charge on any atom is -0.480 e. The summed E-state index contributed by atoms with van der Waals surface area (Å²) in [5.41, 5.74) is 0. The average molecular weight is 227 g/mol. The summed E-state index contributed by atoms with van der Waals surface area (Å²) in [6.45, 7) is 0.666. The van der Waals surface area contributed by atoms with Crippen molar-refractivity contribution in [1.82, 2.24) is 4.72 Å². The summed E-state index contributed by atoms with van der Waals surface area (Å²) in [5.74, 6) is -1.48. The number of halogens is 1. The quantitative estimate of drug-likeness (QED) is 0.605. The summed E-state index contributed by atoms with van der Waals surface area (Å²) in [6.07, 6.45) is 0.362. The Kier molecular flexibility index (Phi) is 5.63. The van der Waals surface area contributed by atoms with E-state index in [0.29, 0.717) is 0 Å². The van der Waals surface area contributed by atoms with Crippen molar-refractivity contribution in [3.63, 3.8) is 0 Å². The Labute approximate surface area is 82.4 Å². The van der Waals surface area contributed by atoms with Crippen molar-refractivity contribution >= 4 is 16.0 Å².